The Kier molecular flexibility index (Phi) is 9.61. The molecule has 0 radical (unpaired) electrons. The van der Waals surface area contributed by atoms with Crippen LogP contribution in [0.1, 0.15) is 58.9 Å². The summed E-state index contributed by atoms with van der Waals surface area (Å²) < 4.78 is 0. The molecular formula is C22H36Cl2N4O2. The minimum Gasteiger partial charge on any atom is -0.366 e. The number of amides is 1. The topological polar surface area (TPSA) is 77.5 Å². The molecule has 1 atom stereocenters. The van der Waals surface area contributed by atoms with Gasteiger partial charge in [-0.3, -0.25) is 14.9 Å². The molecule has 8 heteroatoms. The van der Waals surface area contributed by atoms with E-state index >= 15 is 0 Å². The summed E-state index contributed by atoms with van der Waals surface area (Å²) in [6.45, 7) is 11.9. The zero-order valence-electron chi connectivity index (χ0n) is 18.4. The first kappa shape index (κ1) is 26.7. The van der Waals surface area contributed by atoms with Gasteiger partial charge in [0, 0.05) is 37.4 Å². The molecule has 170 valence electrons. The second kappa shape index (κ2) is 10.8. The summed E-state index contributed by atoms with van der Waals surface area (Å²) in [4.78, 5) is 18.2. The summed E-state index contributed by atoms with van der Waals surface area (Å²) in [5.41, 5.74) is 3.21. The maximum atomic E-state index is 11.0. The third-order valence-corrected chi connectivity index (χ3v) is 5.95. The molecule has 2 heterocycles. The highest BCUT2D eigenvalue weighted by atomic mass is 35.5. The second-order valence-electron chi connectivity index (χ2n) is 9.98. The summed E-state index contributed by atoms with van der Waals surface area (Å²) in [7, 11) is 0. The third kappa shape index (κ3) is 7.41. The van der Waals surface area contributed by atoms with Gasteiger partial charge in [0.05, 0.1) is 0 Å². The summed E-state index contributed by atoms with van der Waals surface area (Å²) in [6, 6.07) is 4.94. The van der Waals surface area contributed by atoms with Crippen LogP contribution in [0.4, 0.5) is 5.82 Å². The Morgan fingerprint density at radius 2 is 1.87 bits per heavy atom. The van der Waals surface area contributed by atoms with Gasteiger partial charge in [0.15, 0.2) is 0 Å². The van der Waals surface area contributed by atoms with Crippen molar-refractivity contribution in [1.82, 2.24) is 15.4 Å². The lowest BCUT2D eigenvalue weighted by molar-refractivity contribution is -0.124. The fraction of sp³-hybridized carbons (Fsp3) is 0.636. The van der Waals surface area contributed by atoms with Gasteiger partial charge in [0.1, 0.15) is 5.82 Å². The highest BCUT2D eigenvalue weighted by molar-refractivity contribution is 5.90. The number of pyridine rings is 1. The van der Waals surface area contributed by atoms with E-state index in [1.165, 1.54) is 25.3 Å². The van der Waals surface area contributed by atoms with Crippen LogP contribution in [0, 0.1) is 10.8 Å². The number of carbonyl (C=O) groups excluding carboxylic acids is 1. The number of halogens is 2. The van der Waals surface area contributed by atoms with Gasteiger partial charge in [-0.25, -0.2) is 10.5 Å². The Hall–Kier alpha value is -1.34. The van der Waals surface area contributed by atoms with Crippen LogP contribution in [-0.4, -0.2) is 46.2 Å². The Morgan fingerprint density at radius 3 is 2.43 bits per heavy atom. The van der Waals surface area contributed by atoms with Gasteiger partial charge >= 0.3 is 0 Å². The van der Waals surface area contributed by atoms with Crippen LogP contribution in [0.15, 0.2) is 24.4 Å². The Balaban J connectivity index is 0.00000225. The van der Waals surface area contributed by atoms with E-state index in [-0.39, 0.29) is 24.8 Å². The lowest BCUT2D eigenvalue weighted by Gasteiger charge is -2.47. The molecule has 1 saturated heterocycles. The largest absolute Gasteiger partial charge is 0.366 e. The number of rotatable bonds is 5. The number of anilines is 1. The SMILES string of the molecule is CC1(C)CC(N2CC[C@@H](Nc3ccc(C=CC(=O)NO)cn3)C2)CC(C)(C)C1.Cl.Cl. The van der Waals surface area contributed by atoms with Crippen LogP contribution in [0.3, 0.4) is 0 Å². The van der Waals surface area contributed by atoms with Crippen molar-refractivity contribution in [3.63, 3.8) is 0 Å². The van der Waals surface area contributed by atoms with Crippen molar-refractivity contribution in [3.05, 3.63) is 30.0 Å². The monoisotopic (exact) mass is 458 g/mol. The van der Waals surface area contributed by atoms with Gasteiger partial charge < -0.3 is 5.32 Å². The highest BCUT2D eigenvalue weighted by Gasteiger charge is 2.42. The van der Waals surface area contributed by atoms with E-state index in [1.54, 1.807) is 17.8 Å². The quantitative estimate of drug-likeness (QED) is 0.343. The molecule has 1 aliphatic carbocycles. The predicted molar refractivity (Wildman–Crippen MR) is 126 cm³/mol. The van der Waals surface area contributed by atoms with Gasteiger partial charge in [-0.15, -0.1) is 24.8 Å². The number of hydrogen-bond acceptors (Lipinski definition) is 5. The minimum atomic E-state index is -0.553. The summed E-state index contributed by atoms with van der Waals surface area (Å²) in [6.07, 6.45) is 9.61. The molecule has 3 rings (SSSR count). The Labute approximate surface area is 192 Å². The van der Waals surface area contributed by atoms with E-state index in [2.05, 4.69) is 42.9 Å². The van der Waals surface area contributed by atoms with E-state index in [0.29, 0.717) is 22.9 Å². The maximum Gasteiger partial charge on any atom is 0.267 e. The minimum absolute atomic E-state index is 0. The Morgan fingerprint density at radius 1 is 1.20 bits per heavy atom. The molecule has 2 aliphatic rings. The fourth-order valence-electron chi connectivity index (χ4n) is 5.29. The average molecular weight is 459 g/mol. The van der Waals surface area contributed by atoms with E-state index in [1.807, 2.05) is 12.1 Å². The van der Waals surface area contributed by atoms with E-state index in [0.717, 1.165) is 30.9 Å². The van der Waals surface area contributed by atoms with Crippen molar-refractivity contribution in [3.8, 4) is 0 Å². The predicted octanol–water partition coefficient (Wildman–Crippen LogP) is 4.53. The number of hydroxylamine groups is 1. The first-order valence-electron chi connectivity index (χ1n) is 10.2. The smallest absolute Gasteiger partial charge is 0.267 e. The summed E-state index contributed by atoms with van der Waals surface area (Å²) >= 11 is 0. The molecule has 3 N–H and O–H groups in total. The molecule has 0 spiro atoms. The van der Waals surface area contributed by atoms with Crippen molar-refractivity contribution in [1.29, 1.82) is 0 Å². The van der Waals surface area contributed by atoms with E-state index < -0.39 is 5.91 Å². The maximum absolute atomic E-state index is 11.0. The van der Waals surface area contributed by atoms with Crippen molar-refractivity contribution in [2.24, 2.45) is 10.8 Å². The summed E-state index contributed by atoms with van der Waals surface area (Å²) in [5, 5.41) is 12.1. The van der Waals surface area contributed by atoms with Crippen LogP contribution in [0.2, 0.25) is 0 Å². The van der Waals surface area contributed by atoms with Crippen molar-refractivity contribution >= 4 is 42.6 Å². The standard InChI is InChI=1S/C22H34N4O2.2ClH/c1-21(2)11-18(12-22(3,4)15-21)26-10-9-17(14-26)24-19-7-5-16(13-23-19)6-8-20(27)25-28;;/h5-8,13,17-18,28H,9-12,14-15H2,1-4H3,(H,23,24)(H,25,27);2*1H/t17-;;/m1../s1. The van der Waals surface area contributed by atoms with Crippen LogP contribution in [0.25, 0.3) is 6.08 Å². The number of nitrogens with one attached hydrogen (secondary N) is 2. The van der Waals surface area contributed by atoms with Crippen molar-refractivity contribution < 1.29 is 10.0 Å². The molecule has 30 heavy (non-hydrogen) atoms. The molecule has 0 aromatic carbocycles. The lowest BCUT2D eigenvalue weighted by Crippen LogP contribution is -2.46. The molecule has 1 saturated carbocycles. The zero-order chi connectivity index (χ0) is 20.4. The van der Waals surface area contributed by atoms with Crippen molar-refractivity contribution in [2.45, 2.75) is 65.5 Å². The van der Waals surface area contributed by atoms with Crippen LogP contribution in [0.5, 0.6) is 0 Å². The van der Waals surface area contributed by atoms with Crippen molar-refractivity contribution in [2.75, 3.05) is 18.4 Å². The van der Waals surface area contributed by atoms with Crippen LogP contribution in [-0.2, 0) is 4.79 Å². The van der Waals surface area contributed by atoms with Crippen LogP contribution < -0.4 is 10.8 Å². The van der Waals surface area contributed by atoms with Gasteiger partial charge in [-0.2, -0.15) is 0 Å². The van der Waals surface area contributed by atoms with Gasteiger partial charge in [0.25, 0.3) is 5.91 Å². The molecule has 1 aromatic heterocycles. The molecule has 1 amide bonds. The van der Waals surface area contributed by atoms with E-state index in [4.69, 9.17) is 5.21 Å². The second-order valence-corrected chi connectivity index (χ2v) is 9.98. The van der Waals surface area contributed by atoms with Gasteiger partial charge in [0.2, 0.25) is 0 Å². The average Bonchev–Trinajstić information content (AvgIpc) is 3.07. The van der Waals surface area contributed by atoms with Gasteiger partial charge in [-0.05, 0) is 60.3 Å². The number of hydrogen-bond donors (Lipinski definition) is 3. The summed E-state index contributed by atoms with van der Waals surface area (Å²) in [5.74, 6) is 0.308. The molecular weight excluding hydrogens is 423 g/mol. The molecule has 6 nitrogen and oxygen atoms in total. The van der Waals surface area contributed by atoms with E-state index in [9.17, 15) is 4.79 Å². The molecule has 2 fully saturated rings. The highest BCUT2D eigenvalue weighted by Crippen LogP contribution is 2.47. The number of likely N-dealkylation sites (tertiary alicyclic amines) is 1. The molecule has 0 unspecified atom stereocenters. The van der Waals surface area contributed by atoms with Gasteiger partial charge in [-0.1, -0.05) is 27.7 Å². The normalized spacial score (nSPS) is 23.4. The first-order valence-corrected chi connectivity index (χ1v) is 10.2. The lowest BCUT2D eigenvalue weighted by atomic mass is 9.63. The molecule has 1 aliphatic heterocycles. The number of carbonyl (C=O) groups is 1. The number of nitrogens with zero attached hydrogens (tertiary/aromatic N) is 2. The molecule has 0 bridgehead atoms. The fourth-order valence-corrected chi connectivity index (χ4v) is 5.29. The first-order chi connectivity index (χ1) is 13.2. The zero-order valence-corrected chi connectivity index (χ0v) is 20.0. The number of aromatic nitrogens is 1. The Bertz CT molecular complexity index is 706. The molecule has 1 aromatic rings. The third-order valence-electron chi connectivity index (χ3n) is 5.95. The van der Waals surface area contributed by atoms with Crippen LogP contribution >= 0.6 is 24.8 Å².